The van der Waals surface area contributed by atoms with Gasteiger partial charge in [-0.15, -0.1) is 0 Å². The normalized spacial score (nSPS) is 12.0. The minimum absolute atomic E-state index is 0.0842. The average molecular weight is 192 g/mol. The van der Waals surface area contributed by atoms with Crippen LogP contribution >= 0.6 is 0 Å². The molecule has 0 spiro atoms. The summed E-state index contributed by atoms with van der Waals surface area (Å²) in [4.78, 5) is 3.31. The van der Waals surface area contributed by atoms with Crippen molar-refractivity contribution in [3.8, 4) is 5.75 Å². The lowest BCUT2D eigenvalue weighted by Crippen LogP contribution is -2.81. The highest BCUT2D eigenvalue weighted by molar-refractivity contribution is 5.79. The third kappa shape index (κ3) is 3.21. The van der Waals surface area contributed by atoms with Gasteiger partial charge in [-0.3, -0.25) is 0 Å². The molecule has 1 rings (SSSR count). The monoisotopic (exact) mass is 192 g/mol. The molecule has 2 heteroatoms. The molecule has 0 fully saturated rings. The van der Waals surface area contributed by atoms with Crippen LogP contribution in [0.2, 0.25) is 0 Å². The van der Waals surface area contributed by atoms with Crippen molar-refractivity contribution >= 4 is 6.21 Å². The number of ether oxygens (including phenoxy) is 1. The van der Waals surface area contributed by atoms with Gasteiger partial charge in [0.25, 0.3) is 0 Å². The third-order valence-electron chi connectivity index (χ3n) is 1.80. The first-order valence-electron chi connectivity index (χ1n) is 4.77. The fraction of sp³-hybridized carbons (Fsp3) is 0.417. The van der Waals surface area contributed by atoms with E-state index in [1.54, 1.807) is 7.11 Å². The van der Waals surface area contributed by atoms with E-state index >= 15 is 0 Å². The van der Waals surface area contributed by atoms with Crippen molar-refractivity contribution in [2.24, 2.45) is 0 Å². The number of rotatable bonds is 2. The topological polar surface area (TPSA) is 23.2 Å². The van der Waals surface area contributed by atoms with Gasteiger partial charge < -0.3 is 4.74 Å². The SMILES string of the molecule is COc1ccccc1C=[NH+]C(C)(C)C. The first-order valence-corrected chi connectivity index (χ1v) is 4.77. The Hall–Kier alpha value is -1.31. The summed E-state index contributed by atoms with van der Waals surface area (Å²) in [5.41, 5.74) is 1.16. The van der Waals surface area contributed by atoms with Crippen molar-refractivity contribution in [3.05, 3.63) is 29.8 Å². The van der Waals surface area contributed by atoms with Crippen LogP contribution < -0.4 is 9.73 Å². The fourth-order valence-electron chi connectivity index (χ4n) is 1.08. The summed E-state index contributed by atoms with van der Waals surface area (Å²) in [5, 5.41) is 0. The van der Waals surface area contributed by atoms with E-state index in [4.69, 9.17) is 4.74 Å². The molecule has 0 saturated heterocycles. The van der Waals surface area contributed by atoms with E-state index in [0.717, 1.165) is 11.3 Å². The van der Waals surface area contributed by atoms with Crippen molar-refractivity contribution in [1.82, 2.24) is 0 Å². The molecule has 14 heavy (non-hydrogen) atoms. The number of methoxy groups -OCH3 is 1. The highest BCUT2D eigenvalue weighted by Crippen LogP contribution is 2.13. The van der Waals surface area contributed by atoms with Crippen LogP contribution in [-0.2, 0) is 0 Å². The molecule has 76 valence electrons. The van der Waals surface area contributed by atoms with Crippen LogP contribution in [0.3, 0.4) is 0 Å². The molecule has 2 nitrogen and oxygen atoms in total. The van der Waals surface area contributed by atoms with E-state index in [1.807, 2.05) is 30.5 Å². The lowest BCUT2D eigenvalue weighted by atomic mass is 10.1. The summed E-state index contributed by atoms with van der Waals surface area (Å²) >= 11 is 0. The zero-order valence-electron chi connectivity index (χ0n) is 9.29. The van der Waals surface area contributed by atoms with Crippen LogP contribution in [0, 0.1) is 0 Å². The van der Waals surface area contributed by atoms with Gasteiger partial charge in [-0.25, -0.2) is 4.99 Å². The molecule has 0 bridgehead atoms. The summed E-state index contributed by atoms with van der Waals surface area (Å²) in [6.07, 6.45) is 1.98. The Morgan fingerprint density at radius 1 is 1.21 bits per heavy atom. The zero-order valence-corrected chi connectivity index (χ0v) is 9.29. The van der Waals surface area contributed by atoms with Gasteiger partial charge in [0.2, 0.25) is 0 Å². The van der Waals surface area contributed by atoms with E-state index in [1.165, 1.54) is 0 Å². The molecule has 0 aliphatic heterocycles. The van der Waals surface area contributed by atoms with Gasteiger partial charge in [-0.1, -0.05) is 12.1 Å². The number of para-hydroxylation sites is 1. The van der Waals surface area contributed by atoms with Crippen molar-refractivity contribution < 1.29 is 9.73 Å². The van der Waals surface area contributed by atoms with Gasteiger partial charge >= 0.3 is 0 Å². The summed E-state index contributed by atoms with van der Waals surface area (Å²) in [5.74, 6) is 0.893. The second kappa shape index (κ2) is 4.27. The average Bonchev–Trinajstić information content (AvgIpc) is 2.14. The van der Waals surface area contributed by atoms with Gasteiger partial charge in [0.15, 0.2) is 11.8 Å². The lowest BCUT2D eigenvalue weighted by molar-refractivity contribution is -0.533. The molecule has 1 aromatic carbocycles. The molecular weight excluding hydrogens is 174 g/mol. The van der Waals surface area contributed by atoms with Gasteiger partial charge in [-0.05, 0) is 32.9 Å². The Morgan fingerprint density at radius 3 is 2.43 bits per heavy atom. The lowest BCUT2D eigenvalue weighted by Gasteiger charge is -2.05. The van der Waals surface area contributed by atoms with E-state index in [2.05, 4.69) is 25.8 Å². The maximum Gasteiger partial charge on any atom is 0.173 e. The Labute approximate surface area is 85.6 Å². The smallest absolute Gasteiger partial charge is 0.173 e. The highest BCUT2D eigenvalue weighted by Gasteiger charge is 2.12. The minimum Gasteiger partial charge on any atom is -0.496 e. The Kier molecular flexibility index (Phi) is 3.28. The molecule has 0 atom stereocenters. The quantitative estimate of drug-likeness (QED) is 0.694. The highest BCUT2D eigenvalue weighted by atomic mass is 16.5. The van der Waals surface area contributed by atoms with Gasteiger partial charge in [-0.2, -0.15) is 0 Å². The standard InChI is InChI=1S/C12H17NO/c1-12(2,3)13-9-10-7-5-6-8-11(10)14-4/h5-9H,1-4H3/p+1. The van der Waals surface area contributed by atoms with Gasteiger partial charge in [0.1, 0.15) is 5.75 Å². The van der Waals surface area contributed by atoms with E-state index in [9.17, 15) is 0 Å². The van der Waals surface area contributed by atoms with Crippen LogP contribution in [-0.4, -0.2) is 18.9 Å². The van der Waals surface area contributed by atoms with Crippen molar-refractivity contribution in [1.29, 1.82) is 0 Å². The Balaban J connectivity index is 2.91. The van der Waals surface area contributed by atoms with Crippen LogP contribution in [0.25, 0.3) is 0 Å². The molecule has 0 unspecified atom stereocenters. The molecule has 0 aromatic heterocycles. The molecule has 0 heterocycles. The van der Waals surface area contributed by atoms with Crippen LogP contribution in [0.1, 0.15) is 26.3 Å². The van der Waals surface area contributed by atoms with Crippen molar-refractivity contribution in [3.63, 3.8) is 0 Å². The van der Waals surface area contributed by atoms with Crippen LogP contribution in [0.15, 0.2) is 24.3 Å². The maximum absolute atomic E-state index is 5.24. The first-order chi connectivity index (χ1) is 6.53. The summed E-state index contributed by atoms with van der Waals surface area (Å²) in [6, 6.07) is 7.94. The Morgan fingerprint density at radius 2 is 1.86 bits per heavy atom. The summed E-state index contributed by atoms with van der Waals surface area (Å²) in [7, 11) is 1.68. The molecule has 1 N–H and O–H groups in total. The van der Waals surface area contributed by atoms with Crippen molar-refractivity contribution in [2.45, 2.75) is 26.3 Å². The van der Waals surface area contributed by atoms with E-state index in [-0.39, 0.29) is 5.54 Å². The third-order valence-corrected chi connectivity index (χ3v) is 1.80. The predicted molar refractivity (Wildman–Crippen MR) is 58.9 cm³/mol. The van der Waals surface area contributed by atoms with E-state index in [0.29, 0.717) is 0 Å². The number of hydrogen-bond acceptors (Lipinski definition) is 1. The molecule has 0 radical (unpaired) electrons. The maximum atomic E-state index is 5.24. The zero-order chi connectivity index (χ0) is 10.6. The Bertz CT molecular complexity index is 323. The molecule has 0 saturated carbocycles. The largest absolute Gasteiger partial charge is 0.496 e. The first kappa shape index (κ1) is 10.8. The van der Waals surface area contributed by atoms with Crippen molar-refractivity contribution in [2.75, 3.05) is 7.11 Å². The molecule has 1 aromatic rings. The second-order valence-electron chi connectivity index (χ2n) is 4.28. The van der Waals surface area contributed by atoms with Crippen LogP contribution in [0.5, 0.6) is 5.75 Å². The van der Waals surface area contributed by atoms with Gasteiger partial charge in [0, 0.05) is 0 Å². The molecule has 0 amide bonds. The number of benzene rings is 1. The number of nitrogens with one attached hydrogen (secondary N) is 1. The fourth-order valence-corrected chi connectivity index (χ4v) is 1.08. The summed E-state index contributed by atoms with van der Waals surface area (Å²) in [6.45, 7) is 6.37. The minimum atomic E-state index is 0.0842. The van der Waals surface area contributed by atoms with Crippen LogP contribution in [0.4, 0.5) is 0 Å². The van der Waals surface area contributed by atoms with Gasteiger partial charge in [0.05, 0.1) is 12.7 Å². The second-order valence-corrected chi connectivity index (χ2v) is 4.28. The summed E-state index contributed by atoms with van der Waals surface area (Å²) < 4.78 is 5.24. The molecule has 0 aliphatic rings. The predicted octanol–water partition coefficient (Wildman–Crippen LogP) is 0.993. The molecular formula is C12H18NO+. The van der Waals surface area contributed by atoms with E-state index < -0.39 is 0 Å². The number of hydrogen-bond donors (Lipinski definition) is 1. The molecule has 0 aliphatic carbocycles.